The van der Waals surface area contributed by atoms with Crippen LogP contribution in [0.1, 0.15) is 5.71 Å². The van der Waals surface area contributed by atoms with Crippen molar-refractivity contribution in [1.82, 2.24) is 0 Å². The van der Waals surface area contributed by atoms with Crippen molar-refractivity contribution in [3.05, 3.63) is 0 Å². The summed E-state index contributed by atoms with van der Waals surface area (Å²) in [5.41, 5.74) is 0. The fraction of sp³-hybridized carbons (Fsp3) is 0. The van der Waals surface area contributed by atoms with Gasteiger partial charge in [0.25, 0.3) is 0 Å². The van der Waals surface area contributed by atoms with E-state index in [4.69, 9.17) is 38.4 Å². The molecule has 0 rings (SSSR count). The standard InChI is InChI=1S/Mg.2H4O4Si.Sr.4H/c;2*1-5(2,3)4;;;;;/h;2*1-4H;;;;;/q+2;;;+2;4*-1. The van der Waals surface area contributed by atoms with Gasteiger partial charge in [0.15, 0.2) is 0 Å². The van der Waals surface area contributed by atoms with E-state index in [9.17, 15) is 0 Å². The van der Waals surface area contributed by atoms with E-state index in [0.29, 0.717) is 0 Å². The van der Waals surface area contributed by atoms with Crippen LogP contribution < -0.4 is 0 Å². The molecule has 8 nitrogen and oxygen atoms in total. The fourth-order valence-corrected chi connectivity index (χ4v) is 0. The molecule has 0 fully saturated rings. The van der Waals surface area contributed by atoms with Crippen molar-refractivity contribution in [2.75, 3.05) is 0 Å². The van der Waals surface area contributed by atoms with Gasteiger partial charge in [-0.15, -0.1) is 0 Å². The zero-order chi connectivity index (χ0) is 9.00. The predicted octanol–water partition coefficient (Wildman–Crippen LogP) is -5.53. The molecule has 12 heavy (non-hydrogen) atoms. The summed E-state index contributed by atoms with van der Waals surface area (Å²) in [5, 5.41) is 0. The van der Waals surface area contributed by atoms with Gasteiger partial charge in [-0.3, -0.25) is 0 Å². The first-order chi connectivity index (χ1) is 4.00. The summed E-state index contributed by atoms with van der Waals surface area (Å²) >= 11 is 0. The molecule has 0 saturated carbocycles. The molecular weight excluding hydrogens is 296 g/mol. The van der Waals surface area contributed by atoms with Gasteiger partial charge in [0, 0.05) is 0 Å². The second kappa shape index (κ2) is 9.90. The monoisotopic (exact) mass is 308 g/mol. The molecule has 0 aliphatic rings. The molecule has 0 bridgehead atoms. The molecule has 0 unspecified atom stereocenters. The number of rotatable bonds is 0. The van der Waals surface area contributed by atoms with Crippen LogP contribution in [0.2, 0.25) is 0 Å². The van der Waals surface area contributed by atoms with Crippen LogP contribution in [0, 0.1) is 0 Å². The Labute approximate surface area is 129 Å². The predicted molar refractivity (Wildman–Crippen MR) is 45.2 cm³/mol. The molecule has 0 atom stereocenters. The van der Waals surface area contributed by atoms with Gasteiger partial charge in [0.2, 0.25) is 0 Å². The van der Waals surface area contributed by atoms with Crippen molar-refractivity contribution in [1.29, 1.82) is 0 Å². The van der Waals surface area contributed by atoms with Crippen LogP contribution in [0.5, 0.6) is 0 Å². The van der Waals surface area contributed by atoms with Crippen LogP contribution in [0.3, 0.4) is 0 Å². The van der Waals surface area contributed by atoms with E-state index in [2.05, 4.69) is 0 Å². The van der Waals surface area contributed by atoms with Crippen molar-refractivity contribution in [3.63, 3.8) is 0 Å². The summed E-state index contributed by atoms with van der Waals surface area (Å²) in [6, 6.07) is 0. The molecule has 0 aromatic carbocycles. The summed E-state index contributed by atoms with van der Waals surface area (Å²) in [7, 11) is -9.22. The van der Waals surface area contributed by atoms with Crippen molar-refractivity contribution in [2.45, 2.75) is 0 Å². The Morgan fingerprint density at radius 1 is 0.583 bits per heavy atom. The van der Waals surface area contributed by atoms with Crippen molar-refractivity contribution >= 4 is 86.6 Å². The van der Waals surface area contributed by atoms with Gasteiger partial charge < -0.3 is 44.1 Å². The molecule has 0 aliphatic carbocycles. The summed E-state index contributed by atoms with van der Waals surface area (Å²) in [5.74, 6) is 0. The Morgan fingerprint density at radius 2 is 0.583 bits per heavy atom. The van der Waals surface area contributed by atoms with Gasteiger partial charge in [0.1, 0.15) is 0 Å². The van der Waals surface area contributed by atoms with Gasteiger partial charge >= 0.3 is 86.6 Å². The van der Waals surface area contributed by atoms with Crippen LogP contribution in [-0.2, 0) is 0 Å². The maximum atomic E-state index is 7.33. The Balaban J connectivity index is -0.00000000970. The topological polar surface area (TPSA) is 162 Å². The molecule has 72 valence electrons. The van der Waals surface area contributed by atoms with Crippen molar-refractivity contribution < 1.29 is 44.1 Å². The van der Waals surface area contributed by atoms with Gasteiger partial charge in [-0.25, -0.2) is 0 Å². The van der Waals surface area contributed by atoms with E-state index in [0.717, 1.165) is 0 Å². The largest absolute Gasteiger partial charge is 2.00 e. The molecule has 0 aromatic heterocycles. The van der Waals surface area contributed by atoms with E-state index in [-0.39, 0.29) is 74.2 Å². The van der Waals surface area contributed by atoms with Crippen LogP contribution >= 0.6 is 0 Å². The molecule has 0 spiro atoms. The quantitative estimate of drug-likeness (QED) is 0.205. The van der Waals surface area contributed by atoms with E-state index in [1.165, 1.54) is 0 Å². The molecule has 12 heteroatoms. The van der Waals surface area contributed by atoms with E-state index >= 15 is 0 Å². The Morgan fingerprint density at radius 3 is 0.583 bits per heavy atom. The Kier molecular flexibility index (Phi) is 19.7. The first-order valence-corrected chi connectivity index (χ1v) is 5.37. The summed E-state index contributed by atoms with van der Waals surface area (Å²) in [4.78, 5) is 58.6. The summed E-state index contributed by atoms with van der Waals surface area (Å²) in [6.45, 7) is 0. The molecule has 8 N–H and O–H groups in total. The van der Waals surface area contributed by atoms with Gasteiger partial charge in [-0.2, -0.15) is 0 Å². The van der Waals surface area contributed by atoms with Crippen LogP contribution in [0.4, 0.5) is 0 Å². The minimum atomic E-state index is -4.61. The Hall–Kier alpha value is 2.36. The molecule has 0 heterocycles. The first kappa shape index (κ1) is 23.9. The second-order valence-electron chi connectivity index (χ2n) is 1.20. The molecular formula is H12MgO8Si2Sr. The van der Waals surface area contributed by atoms with Crippen LogP contribution in [0.25, 0.3) is 0 Å². The molecule has 0 saturated heterocycles. The maximum absolute atomic E-state index is 7.33. The zero-order valence-electron chi connectivity index (χ0n) is 9.99. The normalized spacial score (nSPS) is 10.0. The minimum Gasteiger partial charge on any atom is -1.00 e. The second-order valence-corrected chi connectivity index (χ2v) is 3.60. The minimum absolute atomic E-state index is 0. The SMILES string of the molecule is O[Si](O)(O)O.O[Si](O)(O)O.[H-].[H-].[H-].[H-].[Mg+2].[Sr+2]. The summed E-state index contributed by atoms with van der Waals surface area (Å²) < 4.78 is 0. The fourth-order valence-electron chi connectivity index (χ4n) is 0. The van der Waals surface area contributed by atoms with E-state index in [1.807, 2.05) is 0 Å². The number of hydrogen-bond donors (Lipinski definition) is 8. The third-order valence-corrected chi connectivity index (χ3v) is 0. The average molecular weight is 308 g/mol. The van der Waals surface area contributed by atoms with Gasteiger partial charge in [-0.1, -0.05) is 0 Å². The van der Waals surface area contributed by atoms with E-state index < -0.39 is 18.1 Å². The smallest absolute Gasteiger partial charge is 1.00 e. The van der Waals surface area contributed by atoms with Gasteiger partial charge in [-0.05, 0) is 0 Å². The van der Waals surface area contributed by atoms with Crippen LogP contribution in [-0.4, -0.2) is 125 Å². The zero-order valence-corrected chi connectivity index (χ0v) is 12.9. The summed E-state index contributed by atoms with van der Waals surface area (Å²) in [6.07, 6.45) is 0. The molecule has 0 amide bonds. The maximum Gasteiger partial charge on any atom is 2.00 e. The van der Waals surface area contributed by atoms with Crippen molar-refractivity contribution in [2.24, 2.45) is 0 Å². The van der Waals surface area contributed by atoms with E-state index in [1.54, 1.807) is 0 Å². The Bertz CT molecular complexity index is 73.0. The third kappa shape index (κ3) is 286. The molecule has 0 aliphatic heterocycles. The van der Waals surface area contributed by atoms with Gasteiger partial charge in [0.05, 0.1) is 0 Å². The van der Waals surface area contributed by atoms with Crippen LogP contribution in [0.15, 0.2) is 0 Å². The first-order valence-electron chi connectivity index (χ1n) is 1.79. The third-order valence-electron chi connectivity index (χ3n) is 0. The molecule has 0 aromatic rings. The number of hydrogen-bond acceptors (Lipinski definition) is 8. The molecule has 0 radical (unpaired) electrons. The van der Waals surface area contributed by atoms with Crippen molar-refractivity contribution in [3.8, 4) is 0 Å². The average Bonchev–Trinajstić information content (AvgIpc) is 1.12.